The zero-order valence-corrected chi connectivity index (χ0v) is 17.0. The lowest BCUT2D eigenvalue weighted by atomic mass is 10.2. The van der Waals surface area contributed by atoms with Gasteiger partial charge >= 0.3 is 5.97 Å². The third-order valence-electron chi connectivity index (χ3n) is 3.92. The van der Waals surface area contributed by atoms with Crippen molar-refractivity contribution in [2.75, 3.05) is 11.9 Å². The van der Waals surface area contributed by atoms with E-state index in [0.29, 0.717) is 17.1 Å². The number of nitrogens with one attached hydrogen (secondary N) is 1. The molecule has 0 unspecified atom stereocenters. The maximum absolute atomic E-state index is 13.0. The summed E-state index contributed by atoms with van der Waals surface area (Å²) in [6.07, 6.45) is 0.149. The molecule has 1 N–H and O–H groups in total. The fourth-order valence-corrected chi connectivity index (χ4v) is 2.67. The Kier molecular flexibility index (Phi) is 6.71. The van der Waals surface area contributed by atoms with E-state index in [0.717, 1.165) is 10.0 Å². The summed E-state index contributed by atoms with van der Waals surface area (Å²) >= 11 is 3.39. The van der Waals surface area contributed by atoms with Crippen LogP contribution in [0.4, 0.5) is 10.1 Å². The quantitative estimate of drug-likeness (QED) is 0.533. The van der Waals surface area contributed by atoms with Gasteiger partial charge in [-0.15, -0.1) is 0 Å². The molecule has 0 atom stereocenters. The molecule has 0 saturated heterocycles. The van der Waals surface area contributed by atoms with Crippen LogP contribution in [-0.2, 0) is 20.7 Å². The third-order valence-corrected chi connectivity index (χ3v) is 4.81. The summed E-state index contributed by atoms with van der Waals surface area (Å²) in [5, 5.41) is 6.46. The molecule has 1 amide bonds. The van der Waals surface area contributed by atoms with Crippen molar-refractivity contribution in [1.82, 2.24) is 10.1 Å². The molecule has 29 heavy (non-hydrogen) atoms. The number of carbonyl (C=O) groups is 2. The first kappa shape index (κ1) is 20.7. The Morgan fingerprint density at radius 2 is 1.97 bits per heavy atom. The highest BCUT2D eigenvalue weighted by molar-refractivity contribution is 9.10. The molecule has 2 aromatic carbocycles. The first-order valence-electron chi connectivity index (χ1n) is 8.71. The maximum Gasteiger partial charge on any atom is 0.306 e. The lowest BCUT2D eigenvalue weighted by molar-refractivity contribution is -0.147. The van der Waals surface area contributed by atoms with Crippen molar-refractivity contribution in [3.05, 3.63) is 64.2 Å². The van der Waals surface area contributed by atoms with E-state index in [4.69, 9.17) is 9.26 Å². The van der Waals surface area contributed by atoms with Gasteiger partial charge in [0.1, 0.15) is 5.82 Å². The molecule has 3 rings (SSSR count). The minimum Gasteiger partial charge on any atom is -0.456 e. The van der Waals surface area contributed by atoms with E-state index in [2.05, 4.69) is 31.4 Å². The van der Waals surface area contributed by atoms with Gasteiger partial charge in [0.15, 0.2) is 6.61 Å². The average molecular weight is 462 g/mol. The highest BCUT2D eigenvalue weighted by atomic mass is 79.9. The Hall–Kier alpha value is -3.07. The molecular formula is C20H17BrFN3O4. The first-order valence-corrected chi connectivity index (χ1v) is 9.50. The normalized spacial score (nSPS) is 10.6. The zero-order valence-electron chi connectivity index (χ0n) is 15.4. The Balaban J connectivity index is 1.43. The van der Waals surface area contributed by atoms with Gasteiger partial charge in [0.05, 0.1) is 6.42 Å². The number of benzene rings is 2. The summed E-state index contributed by atoms with van der Waals surface area (Å²) in [7, 11) is 0. The van der Waals surface area contributed by atoms with E-state index >= 15 is 0 Å². The summed E-state index contributed by atoms with van der Waals surface area (Å²) in [5.41, 5.74) is 2.19. The Labute approximate surface area is 174 Å². The molecule has 0 aliphatic rings. The number of aromatic nitrogens is 2. The number of ether oxygens (including phenoxy) is 1. The van der Waals surface area contributed by atoms with Crippen LogP contribution in [0.1, 0.15) is 17.9 Å². The van der Waals surface area contributed by atoms with Gasteiger partial charge in [0, 0.05) is 22.1 Å². The number of rotatable bonds is 7. The van der Waals surface area contributed by atoms with Gasteiger partial charge in [-0.3, -0.25) is 9.59 Å². The SMILES string of the molecule is Cc1cc(NC(=O)COC(=O)CCc2nc(-c3ccc(F)cc3)no2)ccc1Br. The summed E-state index contributed by atoms with van der Waals surface area (Å²) in [6, 6.07) is 11.0. The number of anilines is 1. The van der Waals surface area contributed by atoms with Crippen molar-refractivity contribution in [2.45, 2.75) is 19.8 Å². The lowest BCUT2D eigenvalue weighted by Crippen LogP contribution is -2.21. The van der Waals surface area contributed by atoms with E-state index in [1.54, 1.807) is 12.1 Å². The molecule has 0 saturated carbocycles. The van der Waals surface area contributed by atoms with Crippen LogP contribution < -0.4 is 5.32 Å². The van der Waals surface area contributed by atoms with Gasteiger partial charge < -0.3 is 14.6 Å². The molecule has 0 spiro atoms. The average Bonchev–Trinajstić information content (AvgIpc) is 3.17. The Morgan fingerprint density at radius 1 is 1.21 bits per heavy atom. The highest BCUT2D eigenvalue weighted by Crippen LogP contribution is 2.20. The minimum absolute atomic E-state index is 0.0181. The molecule has 3 aromatic rings. The molecule has 0 bridgehead atoms. The van der Waals surface area contributed by atoms with Crippen molar-refractivity contribution >= 4 is 33.5 Å². The molecule has 1 heterocycles. The summed E-state index contributed by atoms with van der Waals surface area (Å²) in [6.45, 7) is 1.51. The smallest absolute Gasteiger partial charge is 0.306 e. The van der Waals surface area contributed by atoms with Gasteiger partial charge in [-0.25, -0.2) is 4.39 Å². The Morgan fingerprint density at radius 3 is 2.69 bits per heavy atom. The topological polar surface area (TPSA) is 94.3 Å². The van der Waals surface area contributed by atoms with Gasteiger partial charge in [-0.05, 0) is 55.0 Å². The number of esters is 1. The highest BCUT2D eigenvalue weighted by Gasteiger charge is 2.13. The van der Waals surface area contributed by atoms with Crippen molar-refractivity contribution < 1.29 is 23.2 Å². The van der Waals surface area contributed by atoms with E-state index in [1.807, 2.05) is 13.0 Å². The Bertz CT molecular complexity index is 1020. The van der Waals surface area contributed by atoms with E-state index < -0.39 is 18.5 Å². The van der Waals surface area contributed by atoms with Gasteiger partial charge in [0.25, 0.3) is 5.91 Å². The summed E-state index contributed by atoms with van der Waals surface area (Å²) in [4.78, 5) is 27.9. The second-order valence-electron chi connectivity index (χ2n) is 6.19. The van der Waals surface area contributed by atoms with Gasteiger partial charge in [0.2, 0.25) is 11.7 Å². The number of aryl methyl sites for hydroxylation is 2. The predicted molar refractivity (Wildman–Crippen MR) is 106 cm³/mol. The molecule has 7 nitrogen and oxygen atoms in total. The van der Waals surface area contributed by atoms with Crippen LogP contribution in [0.15, 0.2) is 51.5 Å². The number of hydrogen-bond acceptors (Lipinski definition) is 6. The molecule has 1 aromatic heterocycles. The van der Waals surface area contributed by atoms with Crippen LogP contribution in [0.2, 0.25) is 0 Å². The van der Waals surface area contributed by atoms with Crippen LogP contribution in [-0.4, -0.2) is 28.6 Å². The molecule has 150 valence electrons. The molecule has 9 heteroatoms. The van der Waals surface area contributed by atoms with Crippen LogP contribution in [0.5, 0.6) is 0 Å². The first-order chi connectivity index (χ1) is 13.9. The van der Waals surface area contributed by atoms with Crippen LogP contribution >= 0.6 is 15.9 Å². The zero-order chi connectivity index (χ0) is 20.8. The van der Waals surface area contributed by atoms with Crippen molar-refractivity contribution in [3.8, 4) is 11.4 Å². The van der Waals surface area contributed by atoms with Crippen molar-refractivity contribution in [2.24, 2.45) is 0 Å². The van der Waals surface area contributed by atoms with E-state index in [9.17, 15) is 14.0 Å². The van der Waals surface area contributed by atoms with Crippen molar-refractivity contribution in [3.63, 3.8) is 0 Å². The van der Waals surface area contributed by atoms with E-state index in [1.165, 1.54) is 24.3 Å². The number of halogens is 2. The standard InChI is InChI=1S/C20H17BrFN3O4/c1-12-10-15(6-7-16(12)21)23-17(26)11-28-19(27)9-8-18-24-20(25-29-18)13-2-4-14(22)5-3-13/h2-7,10H,8-9,11H2,1H3,(H,23,26). The van der Waals surface area contributed by atoms with Crippen LogP contribution in [0.3, 0.4) is 0 Å². The summed E-state index contributed by atoms with van der Waals surface area (Å²) in [5.74, 6) is -0.807. The fraction of sp³-hybridized carbons (Fsp3) is 0.200. The predicted octanol–water partition coefficient (Wildman–Crippen LogP) is 4.06. The van der Waals surface area contributed by atoms with E-state index in [-0.39, 0.29) is 24.5 Å². The lowest BCUT2D eigenvalue weighted by Gasteiger charge is -2.07. The van der Waals surface area contributed by atoms with Gasteiger partial charge in [-0.1, -0.05) is 21.1 Å². The van der Waals surface area contributed by atoms with Crippen LogP contribution in [0, 0.1) is 12.7 Å². The largest absolute Gasteiger partial charge is 0.456 e. The number of nitrogens with zero attached hydrogens (tertiary/aromatic N) is 2. The maximum atomic E-state index is 13.0. The van der Waals surface area contributed by atoms with Crippen LogP contribution in [0.25, 0.3) is 11.4 Å². The summed E-state index contributed by atoms with van der Waals surface area (Å²) < 4.78 is 23.9. The minimum atomic E-state index is -0.561. The monoisotopic (exact) mass is 461 g/mol. The molecule has 0 radical (unpaired) electrons. The van der Waals surface area contributed by atoms with Crippen molar-refractivity contribution in [1.29, 1.82) is 0 Å². The number of hydrogen-bond donors (Lipinski definition) is 1. The fourth-order valence-electron chi connectivity index (χ4n) is 2.42. The number of carbonyl (C=O) groups excluding carboxylic acids is 2. The number of amides is 1. The second-order valence-corrected chi connectivity index (χ2v) is 7.05. The second kappa shape index (κ2) is 9.42. The third kappa shape index (κ3) is 5.95. The molecule has 0 aliphatic carbocycles. The molecule has 0 aliphatic heterocycles. The van der Waals surface area contributed by atoms with Gasteiger partial charge in [-0.2, -0.15) is 4.98 Å². The molecule has 0 fully saturated rings. The molecular weight excluding hydrogens is 445 g/mol.